The molecule has 1 N–H and O–H groups in total. The molecule has 1 aliphatic rings. The number of nitrogens with zero attached hydrogens (tertiary/aromatic N) is 2. The van der Waals surface area contributed by atoms with Crippen LogP contribution in [0.4, 0.5) is 5.69 Å². The van der Waals surface area contributed by atoms with Crippen LogP contribution in [0.25, 0.3) is 0 Å². The zero-order valence-electron chi connectivity index (χ0n) is 10.6. The minimum Gasteiger partial charge on any atom is -0.373 e. The fourth-order valence-corrected chi connectivity index (χ4v) is 2.08. The molecule has 0 spiro atoms. The molecule has 1 saturated heterocycles. The minimum absolute atomic E-state index is 0.0916. The Labute approximate surface area is 106 Å². The maximum atomic E-state index is 12.0. The third-order valence-electron chi connectivity index (χ3n) is 3.04. The summed E-state index contributed by atoms with van der Waals surface area (Å²) >= 11 is 0. The summed E-state index contributed by atoms with van der Waals surface area (Å²) in [5.74, 6) is -0.218. The minimum atomic E-state index is -0.440. The van der Waals surface area contributed by atoms with Crippen molar-refractivity contribution in [2.45, 2.75) is 32.7 Å². The van der Waals surface area contributed by atoms with Crippen molar-refractivity contribution in [1.82, 2.24) is 9.88 Å². The van der Waals surface area contributed by atoms with Gasteiger partial charge in [-0.1, -0.05) is 6.92 Å². The van der Waals surface area contributed by atoms with E-state index in [-0.39, 0.29) is 18.2 Å². The van der Waals surface area contributed by atoms with Crippen molar-refractivity contribution in [2.75, 3.05) is 11.9 Å². The molecule has 1 fully saturated rings. The molecule has 0 radical (unpaired) electrons. The fraction of sp³-hybridized carbons (Fsp3) is 0.462. The summed E-state index contributed by atoms with van der Waals surface area (Å²) in [6.45, 7) is 4.37. The molecule has 18 heavy (non-hydrogen) atoms. The van der Waals surface area contributed by atoms with Crippen molar-refractivity contribution in [1.29, 1.82) is 0 Å². The summed E-state index contributed by atoms with van der Waals surface area (Å²) in [6, 6.07) is 1.38. The molecule has 2 heterocycles. The number of carbonyl (C=O) groups is 2. The summed E-state index contributed by atoms with van der Waals surface area (Å²) in [4.78, 5) is 29.1. The Morgan fingerprint density at radius 1 is 1.50 bits per heavy atom. The molecule has 96 valence electrons. The van der Waals surface area contributed by atoms with Gasteiger partial charge in [0.2, 0.25) is 5.91 Å². The number of carbonyl (C=O) groups excluding carboxylic acids is 2. The topological polar surface area (TPSA) is 62.3 Å². The number of aryl methyl sites for hydroxylation is 1. The molecular weight excluding hydrogens is 230 g/mol. The van der Waals surface area contributed by atoms with Crippen LogP contribution in [0.15, 0.2) is 18.5 Å². The van der Waals surface area contributed by atoms with Gasteiger partial charge in [-0.15, -0.1) is 0 Å². The van der Waals surface area contributed by atoms with Crippen LogP contribution in [0.1, 0.15) is 25.3 Å². The molecule has 2 rings (SSSR count). The number of hydrogen-bond donors (Lipinski definition) is 1. The monoisotopic (exact) mass is 247 g/mol. The summed E-state index contributed by atoms with van der Waals surface area (Å²) in [7, 11) is 0. The van der Waals surface area contributed by atoms with Crippen LogP contribution >= 0.6 is 0 Å². The summed E-state index contributed by atoms with van der Waals surface area (Å²) in [6.07, 6.45) is 4.42. The summed E-state index contributed by atoms with van der Waals surface area (Å²) in [5, 5.41) is 3.13. The van der Waals surface area contributed by atoms with E-state index in [1.165, 1.54) is 4.90 Å². The molecule has 2 amide bonds. The van der Waals surface area contributed by atoms with E-state index < -0.39 is 6.04 Å². The molecule has 5 heteroatoms. The maximum Gasteiger partial charge on any atom is 0.252 e. The van der Waals surface area contributed by atoms with Crippen molar-refractivity contribution >= 4 is 17.5 Å². The lowest BCUT2D eigenvalue weighted by Crippen LogP contribution is -2.35. The van der Waals surface area contributed by atoms with Crippen molar-refractivity contribution in [2.24, 2.45) is 0 Å². The van der Waals surface area contributed by atoms with Crippen molar-refractivity contribution < 1.29 is 9.59 Å². The van der Waals surface area contributed by atoms with Gasteiger partial charge in [-0.2, -0.15) is 0 Å². The molecule has 1 aliphatic heterocycles. The van der Waals surface area contributed by atoms with Gasteiger partial charge < -0.3 is 5.32 Å². The molecule has 0 bridgehead atoms. The highest BCUT2D eigenvalue weighted by Crippen LogP contribution is 2.20. The molecular formula is C13H17N3O2. The van der Waals surface area contributed by atoms with Crippen LogP contribution in [0.2, 0.25) is 0 Å². The van der Waals surface area contributed by atoms with Crippen LogP contribution in [-0.2, 0) is 9.59 Å². The fourth-order valence-electron chi connectivity index (χ4n) is 2.08. The van der Waals surface area contributed by atoms with Crippen LogP contribution in [0.5, 0.6) is 0 Å². The molecule has 0 aliphatic carbocycles. The van der Waals surface area contributed by atoms with Gasteiger partial charge in [0, 0.05) is 24.6 Å². The van der Waals surface area contributed by atoms with Gasteiger partial charge in [0.1, 0.15) is 6.04 Å². The Kier molecular flexibility index (Phi) is 3.60. The third-order valence-corrected chi connectivity index (χ3v) is 3.04. The van der Waals surface area contributed by atoms with E-state index in [0.717, 1.165) is 17.7 Å². The van der Waals surface area contributed by atoms with E-state index in [2.05, 4.69) is 10.3 Å². The van der Waals surface area contributed by atoms with Gasteiger partial charge >= 0.3 is 0 Å². The van der Waals surface area contributed by atoms with Gasteiger partial charge in [-0.25, -0.2) is 0 Å². The Morgan fingerprint density at radius 3 is 2.94 bits per heavy atom. The number of amides is 2. The Hall–Kier alpha value is -1.91. The maximum absolute atomic E-state index is 12.0. The normalized spacial score (nSPS) is 19.4. The first-order chi connectivity index (χ1) is 8.63. The highest BCUT2D eigenvalue weighted by atomic mass is 16.2. The predicted molar refractivity (Wildman–Crippen MR) is 68.0 cm³/mol. The highest BCUT2D eigenvalue weighted by Gasteiger charge is 2.37. The standard InChI is InChI=1S/C13H17N3O2/c1-3-6-16-12(17)7-11(13(16)18)15-10-4-5-14-8-9(10)2/h4-5,8,11H,3,6-7H2,1-2H3,(H,14,15). The van der Waals surface area contributed by atoms with Gasteiger partial charge in [0.15, 0.2) is 0 Å². The average Bonchev–Trinajstić information content (AvgIpc) is 2.60. The lowest BCUT2D eigenvalue weighted by Gasteiger charge is -2.16. The second kappa shape index (κ2) is 5.16. The quantitative estimate of drug-likeness (QED) is 0.816. The predicted octanol–water partition coefficient (Wildman–Crippen LogP) is 1.34. The van der Waals surface area contributed by atoms with Crippen molar-refractivity contribution in [3.8, 4) is 0 Å². The Morgan fingerprint density at radius 2 is 2.28 bits per heavy atom. The Bertz CT molecular complexity index is 473. The van der Waals surface area contributed by atoms with Crippen LogP contribution in [-0.4, -0.2) is 34.3 Å². The van der Waals surface area contributed by atoms with E-state index in [1.807, 2.05) is 19.9 Å². The number of hydrogen-bond acceptors (Lipinski definition) is 4. The highest BCUT2D eigenvalue weighted by molar-refractivity contribution is 6.06. The lowest BCUT2D eigenvalue weighted by molar-refractivity contribution is -0.138. The smallest absolute Gasteiger partial charge is 0.252 e. The first-order valence-corrected chi connectivity index (χ1v) is 6.15. The second-order valence-electron chi connectivity index (χ2n) is 4.48. The van der Waals surface area contributed by atoms with E-state index in [1.54, 1.807) is 12.4 Å². The van der Waals surface area contributed by atoms with E-state index in [0.29, 0.717) is 6.54 Å². The van der Waals surface area contributed by atoms with Gasteiger partial charge in [-0.05, 0) is 25.0 Å². The number of aromatic nitrogens is 1. The van der Waals surface area contributed by atoms with Crippen LogP contribution in [0.3, 0.4) is 0 Å². The Balaban J connectivity index is 2.10. The van der Waals surface area contributed by atoms with Crippen molar-refractivity contribution in [3.63, 3.8) is 0 Å². The lowest BCUT2D eigenvalue weighted by atomic mass is 10.2. The van der Waals surface area contributed by atoms with Gasteiger partial charge in [0.05, 0.1) is 6.42 Å². The number of anilines is 1. The zero-order valence-corrected chi connectivity index (χ0v) is 10.6. The summed E-state index contributed by atoms with van der Waals surface area (Å²) < 4.78 is 0. The molecule has 0 saturated carbocycles. The number of imide groups is 1. The molecule has 1 unspecified atom stereocenters. The van der Waals surface area contributed by atoms with E-state index in [9.17, 15) is 9.59 Å². The SMILES string of the molecule is CCCN1C(=O)CC(Nc2ccncc2C)C1=O. The number of likely N-dealkylation sites (tertiary alicyclic amines) is 1. The molecule has 1 aromatic rings. The van der Waals surface area contributed by atoms with Gasteiger partial charge in [0.25, 0.3) is 5.91 Å². The first-order valence-electron chi connectivity index (χ1n) is 6.15. The summed E-state index contributed by atoms with van der Waals surface area (Å²) in [5.41, 5.74) is 1.82. The second-order valence-corrected chi connectivity index (χ2v) is 4.48. The molecule has 1 aromatic heterocycles. The molecule has 1 atom stereocenters. The first kappa shape index (κ1) is 12.5. The zero-order chi connectivity index (χ0) is 13.1. The van der Waals surface area contributed by atoms with Crippen molar-refractivity contribution in [3.05, 3.63) is 24.0 Å². The van der Waals surface area contributed by atoms with Crippen LogP contribution < -0.4 is 5.32 Å². The van der Waals surface area contributed by atoms with Crippen LogP contribution in [0, 0.1) is 6.92 Å². The average molecular weight is 247 g/mol. The third kappa shape index (κ3) is 2.34. The number of rotatable bonds is 4. The molecule has 5 nitrogen and oxygen atoms in total. The largest absolute Gasteiger partial charge is 0.373 e. The molecule has 0 aromatic carbocycles. The number of pyridine rings is 1. The number of nitrogens with one attached hydrogen (secondary N) is 1. The van der Waals surface area contributed by atoms with E-state index in [4.69, 9.17) is 0 Å². The van der Waals surface area contributed by atoms with Gasteiger partial charge in [-0.3, -0.25) is 19.5 Å². The van der Waals surface area contributed by atoms with E-state index >= 15 is 0 Å².